The number of benzene rings is 1. The van der Waals surface area contributed by atoms with E-state index in [0.717, 1.165) is 34.4 Å². The third-order valence-corrected chi connectivity index (χ3v) is 4.91. The number of hydrogen-bond donors (Lipinski definition) is 0. The van der Waals surface area contributed by atoms with E-state index in [0.29, 0.717) is 25.3 Å². The Bertz CT molecular complexity index is 943. The number of ether oxygens (including phenoxy) is 1. The molecule has 6 nitrogen and oxygen atoms in total. The normalized spacial score (nSPS) is 11.1. The van der Waals surface area contributed by atoms with Crippen LogP contribution in [0.25, 0.3) is 10.9 Å². The first-order chi connectivity index (χ1) is 13.1. The van der Waals surface area contributed by atoms with E-state index in [1.165, 1.54) is 0 Å². The van der Waals surface area contributed by atoms with Crippen LogP contribution in [0.3, 0.4) is 0 Å². The summed E-state index contributed by atoms with van der Waals surface area (Å²) in [5.74, 6) is -0.0197. The molecule has 0 saturated carbocycles. The van der Waals surface area contributed by atoms with Gasteiger partial charge in [0, 0.05) is 49.6 Å². The summed E-state index contributed by atoms with van der Waals surface area (Å²) in [6.45, 7) is 8.44. The minimum Gasteiger partial charge on any atom is -0.383 e. The molecule has 0 atom stereocenters. The average Bonchev–Trinajstić information content (AvgIpc) is 2.97. The van der Waals surface area contributed by atoms with Crippen LogP contribution in [0, 0.1) is 13.8 Å². The second-order valence-corrected chi connectivity index (χ2v) is 6.56. The molecule has 0 unspecified atom stereocenters. The van der Waals surface area contributed by atoms with Crippen LogP contribution in [0.1, 0.15) is 34.2 Å². The Morgan fingerprint density at radius 3 is 2.70 bits per heavy atom. The molecule has 27 heavy (non-hydrogen) atoms. The molecule has 0 N–H and O–H groups in total. The van der Waals surface area contributed by atoms with Crippen molar-refractivity contribution < 1.29 is 9.53 Å². The van der Waals surface area contributed by atoms with E-state index in [1.807, 2.05) is 40.8 Å². The molecule has 0 aliphatic rings. The van der Waals surface area contributed by atoms with Crippen LogP contribution in [-0.2, 0) is 17.8 Å². The first kappa shape index (κ1) is 19.0. The Hall–Kier alpha value is -2.73. The molecule has 6 heteroatoms. The Balaban J connectivity index is 1.97. The second kappa shape index (κ2) is 8.31. The largest absolute Gasteiger partial charge is 0.383 e. The van der Waals surface area contributed by atoms with Gasteiger partial charge in [0.25, 0.3) is 5.91 Å². The fourth-order valence-electron chi connectivity index (χ4n) is 3.37. The summed E-state index contributed by atoms with van der Waals surface area (Å²) in [5, 5.41) is 5.45. The lowest BCUT2D eigenvalue weighted by atomic mass is 10.1. The lowest BCUT2D eigenvalue weighted by Gasteiger charge is -2.23. The van der Waals surface area contributed by atoms with Crippen LogP contribution in [0.5, 0.6) is 0 Å². The lowest BCUT2D eigenvalue weighted by molar-refractivity contribution is 0.0681. The highest BCUT2D eigenvalue weighted by atomic mass is 16.5. The molecule has 1 amide bonds. The average molecular weight is 366 g/mol. The summed E-state index contributed by atoms with van der Waals surface area (Å²) in [4.78, 5) is 19.6. The summed E-state index contributed by atoms with van der Waals surface area (Å²) < 4.78 is 7.22. The number of amides is 1. The molecule has 0 bridgehead atoms. The van der Waals surface area contributed by atoms with Gasteiger partial charge in [-0.2, -0.15) is 5.10 Å². The van der Waals surface area contributed by atoms with Crippen molar-refractivity contribution in [1.29, 1.82) is 0 Å². The molecule has 0 saturated heterocycles. The van der Waals surface area contributed by atoms with Crippen LogP contribution in [0.2, 0.25) is 0 Å². The van der Waals surface area contributed by atoms with Gasteiger partial charge in [-0.1, -0.05) is 18.2 Å². The van der Waals surface area contributed by atoms with Gasteiger partial charge in [0.2, 0.25) is 0 Å². The minimum atomic E-state index is -0.0197. The molecule has 0 aliphatic heterocycles. The fraction of sp³-hybridized carbons (Fsp3) is 0.381. The highest BCUT2D eigenvalue weighted by Gasteiger charge is 2.21. The molecule has 0 fully saturated rings. The first-order valence-electron chi connectivity index (χ1n) is 9.21. The van der Waals surface area contributed by atoms with Crippen LogP contribution >= 0.6 is 0 Å². The predicted octanol–water partition coefficient (Wildman–Crippen LogP) is 3.36. The number of pyridine rings is 1. The number of methoxy groups -OCH3 is 1. The Morgan fingerprint density at radius 2 is 2.00 bits per heavy atom. The zero-order valence-electron chi connectivity index (χ0n) is 16.4. The van der Waals surface area contributed by atoms with Crippen molar-refractivity contribution in [3.05, 3.63) is 59.0 Å². The van der Waals surface area contributed by atoms with Gasteiger partial charge < -0.3 is 9.64 Å². The lowest BCUT2D eigenvalue weighted by Crippen LogP contribution is -2.34. The van der Waals surface area contributed by atoms with Gasteiger partial charge in [-0.3, -0.25) is 14.5 Å². The number of carbonyl (C=O) groups is 1. The van der Waals surface area contributed by atoms with Crippen LogP contribution < -0.4 is 0 Å². The van der Waals surface area contributed by atoms with Gasteiger partial charge in [-0.05, 0) is 32.9 Å². The number of aromatic nitrogens is 3. The quantitative estimate of drug-likeness (QED) is 0.643. The standard InChI is InChI=1S/C21H26N4O2/c1-5-25-16(3)19(15(2)23-25)14-24(12-13-27-4)21(26)18-10-11-22-20-9-7-6-8-17(18)20/h6-11H,5,12-14H2,1-4H3. The molecule has 3 aromatic rings. The molecule has 142 valence electrons. The summed E-state index contributed by atoms with van der Waals surface area (Å²) >= 11 is 0. The molecule has 2 aromatic heterocycles. The van der Waals surface area contributed by atoms with E-state index in [9.17, 15) is 4.79 Å². The Kier molecular flexibility index (Phi) is 5.86. The monoisotopic (exact) mass is 366 g/mol. The van der Waals surface area contributed by atoms with Gasteiger partial charge in [0.15, 0.2) is 0 Å². The van der Waals surface area contributed by atoms with Crippen LogP contribution in [-0.4, -0.2) is 45.8 Å². The van der Waals surface area contributed by atoms with E-state index in [1.54, 1.807) is 19.4 Å². The maximum Gasteiger partial charge on any atom is 0.254 e. The van der Waals surface area contributed by atoms with E-state index < -0.39 is 0 Å². The van der Waals surface area contributed by atoms with E-state index >= 15 is 0 Å². The summed E-state index contributed by atoms with van der Waals surface area (Å²) in [6, 6.07) is 9.51. The number of aryl methyl sites for hydroxylation is 2. The number of fused-ring (bicyclic) bond motifs is 1. The molecule has 0 aliphatic carbocycles. The van der Waals surface area contributed by atoms with Crippen LogP contribution in [0.4, 0.5) is 0 Å². The summed E-state index contributed by atoms with van der Waals surface area (Å²) in [6.07, 6.45) is 1.69. The number of carbonyl (C=O) groups excluding carboxylic acids is 1. The van der Waals surface area contributed by atoms with Gasteiger partial charge in [-0.25, -0.2) is 0 Å². The number of para-hydroxylation sites is 1. The first-order valence-corrected chi connectivity index (χ1v) is 9.21. The molecular weight excluding hydrogens is 340 g/mol. The van der Waals surface area contributed by atoms with E-state index in [4.69, 9.17) is 4.74 Å². The Labute approximate surface area is 159 Å². The zero-order valence-corrected chi connectivity index (χ0v) is 16.4. The van der Waals surface area contributed by atoms with E-state index in [2.05, 4.69) is 23.9 Å². The van der Waals surface area contributed by atoms with Crippen molar-refractivity contribution in [2.45, 2.75) is 33.9 Å². The van der Waals surface area contributed by atoms with Gasteiger partial charge in [0.1, 0.15) is 0 Å². The smallest absolute Gasteiger partial charge is 0.254 e. The Morgan fingerprint density at radius 1 is 1.22 bits per heavy atom. The fourth-order valence-corrected chi connectivity index (χ4v) is 3.37. The predicted molar refractivity (Wildman–Crippen MR) is 106 cm³/mol. The van der Waals surface area contributed by atoms with Crippen molar-refractivity contribution in [2.75, 3.05) is 20.3 Å². The molecule has 0 spiro atoms. The number of rotatable bonds is 7. The second-order valence-electron chi connectivity index (χ2n) is 6.56. The maximum atomic E-state index is 13.4. The summed E-state index contributed by atoms with van der Waals surface area (Å²) in [5.41, 5.74) is 4.64. The SMILES string of the molecule is CCn1nc(C)c(CN(CCOC)C(=O)c2ccnc3ccccc23)c1C. The van der Waals surface area contributed by atoms with Crippen molar-refractivity contribution in [3.8, 4) is 0 Å². The van der Waals surface area contributed by atoms with Gasteiger partial charge in [-0.15, -0.1) is 0 Å². The van der Waals surface area contributed by atoms with Crippen molar-refractivity contribution in [3.63, 3.8) is 0 Å². The third kappa shape index (κ3) is 3.85. The molecule has 0 radical (unpaired) electrons. The molecule has 2 heterocycles. The van der Waals surface area contributed by atoms with Gasteiger partial charge >= 0.3 is 0 Å². The number of hydrogen-bond acceptors (Lipinski definition) is 4. The molecule has 1 aromatic carbocycles. The van der Waals surface area contributed by atoms with Crippen molar-refractivity contribution in [1.82, 2.24) is 19.7 Å². The molecule has 3 rings (SSSR count). The van der Waals surface area contributed by atoms with Crippen molar-refractivity contribution in [2.24, 2.45) is 0 Å². The highest BCUT2D eigenvalue weighted by Crippen LogP contribution is 2.21. The maximum absolute atomic E-state index is 13.4. The minimum absolute atomic E-state index is 0.0197. The number of nitrogens with zero attached hydrogens (tertiary/aromatic N) is 4. The zero-order chi connectivity index (χ0) is 19.4. The summed E-state index contributed by atoms with van der Waals surface area (Å²) in [7, 11) is 1.65. The van der Waals surface area contributed by atoms with Gasteiger partial charge in [0.05, 0.1) is 23.4 Å². The topological polar surface area (TPSA) is 60.2 Å². The molecular formula is C21H26N4O2. The van der Waals surface area contributed by atoms with E-state index in [-0.39, 0.29) is 5.91 Å². The third-order valence-electron chi connectivity index (χ3n) is 4.91. The van der Waals surface area contributed by atoms with Crippen LogP contribution in [0.15, 0.2) is 36.5 Å². The van der Waals surface area contributed by atoms with Crippen molar-refractivity contribution >= 4 is 16.8 Å². The highest BCUT2D eigenvalue weighted by molar-refractivity contribution is 6.05.